The predicted molar refractivity (Wildman–Crippen MR) is 120 cm³/mol. The highest BCUT2D eigenvalue weighted by Gasteiger charge is 2.47. The molecule has 1 aromatic rings. The second kappa shape index (κ2) is 9.82. The summed E-state index contributed by atoms with van der Waals surface area (Å²) >= 11 is 0. The van der Waals surface area contributed by atoms with E-state index < -0.39 is 0 Å². The van der Waals surface area contributed by atoms with E-state index in [0.29, 0.717) is 13.0 Å². The van der Waals surface area contributed by atoms with Gasteiger partial charge in [0.2, 0.25) is 5.91 Å². The van der Waals surface area contributed by atoms with E-state index in [9.17, 15) is 9.59 Å². The quantitative estimate of drug-likeness (QED) is 0.779. The molecule has 0 bridgehead atoms. The van der Waals surface area contributed by atoms with Crippen molar-refractivity contribution in [2.75, 3.05) is 33.2 Å². The average molecular weight is 415 g/mol. The van der Waals surface area contributed by atoms with Crippen LogP contribution in [0.15, 0.2) is 24.3 Å². The lowest BCUT2D eigenvalue weighted by atomic mass is 9.66. The van der Waals surface area contributed by atoms with Crippen LogP contribution in [0.1, 0.15) is 50.7 Å². The topological polar surface area (TPSA) is 64.7 Å². The molecule has 0 unspecified atom stereocenters. The van der Waals surface area contributed by atoms with Gasteiger partial charge in [-0.15, -0.1) is 0 Å². The summed E-state index contributed by atoms with van der Waals surface area (Å²) < 4.78 is 0. The molecule has 1 atom stereocenters. The number of nitrogens with zero attached hydrogens (tertiary/aromatic N) is 2. The van der Waals surface area contributed by atoms with Crippen LogP contribution >= 0.6 is 0 Å². The molecule has 166 valence electrons. The predicted octanol–water partition coefficient (Wildman–Crippen LogP) is 2.95. The van der Waals surface area contributed by atoms with E-state index in [1.54, 1.807) is 0 Å². The first-order valence-electron chi connectivity index (χ1n) is 11.4. The number of urea groups is 1. The van der Waals surface area contributed by atoms with Gasteiger partial charge >= 0.3 is 6.03 Å². The van der Waals surface area contributed by atoms with E-state index in [4.69, 9.17) is 0 Å². The highest BCUT2D eigenvalue weighted by Crippen LogP contribution is 2.44. The van der Waals surface area contributed by atoms with E-state index in [1.165, 1.54) is 5.56 Å². The summed E-state index contributed by atoms with van der Waals surface area (Å²) in [5.41, 5.74) is 2.35. The summed E-state index contributed by atoms with van der Waals surface area (Å²) in [6.45, 7) is 9.36. The lowest BCUT2D eigenvalue weighted by molar-refractivity contribution is -0.140. The third-order valence-electron chi connectivity index (χ3n) is 6.81. The molecule has 1 aromatic carbocycles. The van der Waals surface area contributed by atoms with Crippen LogP contribution in [0.4, 0.5) is 4.79 Å². The number of rotatable bonds is 5. The van der Waals surface area contributed by atoms with Gasteiger partial charge in [-0.3, -0.25) is 4.79 Å². The van der Waals surface area contributed by atoms with Crippen LogP contribution in [0.5, 0.6) is 0 Å². The first kappa shape index (κ1) is 22.6. The van der Waals surface area contributed by atoms with Crippen molar-refractivity contribution in [2.24, 2.45) is 5.41 Å². The summed E-state index contributed by atoms with van der Waals surface area (Å²) in [5, 5.41) is 5.97. The number of hydrogen-bond acceptors (Lipinski definition) is 3. The van der Waals surface area contributed by atoms with Gasteiger partial charge in [-0.25, -0.2) is 4.79 Å². The van der Waals surface area contributed by atoms with Crippen molar-refractivity contribution in [1.29, 1.82) is 0 Å². The second-order valence-electron chi connectivity index (χ2n) is 9.54. The van der Waals surface area contributed by atoms with Crippen molar-refractivity contribution in [3.05, 3.63) is 35.4 Å². The normalized spacial score (nSPS) is 21.6. The Morgan fingerprint density at radius 3 is 2.40 bits per heavy atom. The monoisotopic (exact) mass is 414 g/mol. The van der Waals surface area contributed by atoms with E-state index in [2.05, 4.69) is 46.5 Å². The zero-order chi connectivity index (χ0) is 21.7. The maximum Gasteiger partial charge on any atom is 0.315 e. The third kappa shape index (κ3) is 5.54. The Labute approximate surface area is 181 Å². The van der Waals surface area contributed by atoms with Crippen molar-refractivity contribution in [1.82, 2.24) is 20.4 Å². The molecule has 1 spiro atoms. The minimum absolute atomic E-state index is 0.0517. The molecule has 2 aliphatic rings. The maximum absolute atomic E-state index is 13.4. The number of likely N-dealkylation sites (tertiary alicyclic amines) is 2. The van der Waals surface area contributed by atoms with Crippen molar-refractivity contribution in [3.63, 3.8) is 0 Å². The van der Waals surface area contributed by atoms with Crippen LogP contribution in [-0.2, 0) is 11.2 Å². The zero-order valence-electron chi connectivity index (χ0n) is 19.0. The van der Waals surface area contributed by atoms with Crippen LogP contribution < -0.4 is 10.6 Å². The number of carbonyl (C=O) groups excluding carboxylic acids is 2. The number of amides is 3. The Balaban J connectivity index is 1.76. The molecule has 2 fully saturated rings. The van der Waals surface area contributed by atoms with E-state index in [0.717, 1.165) is 50.9 Å². The molecule has 2 aliphatic heterocycles. The molecule has 30 heavy (non-hydrogen) atoms. The molecule has 2 N–H and O–H groups in total. The number of hydrogen-bond donors (Lipinski definition) is 2. The molecule has 3 amide bonds. The molecular weight excluding hydrogens is 376 g/mol. The standard InChI is InChI=1S/C24H38N4O2/c1-18(2)26-23(30)25-17-21-24(11-14-27(4)15-12-24)10-5-13-28(21)22(29)16-20-8-6-19(3)7-9-20/h6-9,18,21H,5,10-17H2,1-4H3,(H2,25,26,30)/t21-/m1/s1. The molecule has 2 heterocycles. The van der Waals surface area contributed by atoms with Crippen molar-refractivity contribution in [2.45, 2.75) is 65.0 Å². The van der Waals surface area contributed by atoms with Crippen LogP contribution in [0.25, 0.3) is 0 Å². The summed E-state index contributed by atoms with van der Waals surface area (Å²) in [6.07, 6.45) is 4.75. The highest BCUT2D eigenvalue weighted by molar-refractivity contribution is 5.79. The molecule has 0 aromatic heterocycles. The number of benzene rings is 1. The smallest absolute Gasteiger partial charge is 0.315 e. The molecule has 3 rings (SSSR count). The fourth-order valence-electron chi connectivity index (χ4n) is 5.01. The number of carbonyl (C=O) groups is 2. The Morgan fingerprint density at radius 2 is 1.77 bits per heavy atom. The number of nitrogens with one attached hydrogen (secondary N) is 2. The molecule has 2 saturated heterocycles. The van der Waals surface area contributed by atoms with E-state index in [-0.39, 0.29) is 29.4 Å². The Kier molecular flexibility index (Phi) is 7.40. The van der Waals surface area contributed by atoms with Crippen LogP contribution in [0.3, 0.4) is 0 Å². The van der Waals surface area contributed by atoms with Crippen molar-refractivity contribution < 1.29 is 9.59 Å². The first-order valence-corrected chi connectivity index (χ1v) is 11.4. The van der Waals surface area contributed by atoms with Crippen LogP contribution in [0, 0.1) is 12.3 Å². The largest absolute Gasteiger partial charge is 0.337 e. The fraction of sp³-hybridized carbons (Fsp3) is 0.667. The minimum atomic E-state index is -0.149. The van der Waals surface area contributed by atoms with Gasteiger partial charge < -0.3 is 20.4 Å². The van der Waals surface area contributed by atoms with Gasteiger partial charge in [0.25, 0.3) is 0 Å². The SMILES string of the molecule is Cc1ccc(CC(=O)N2CCCC3(CCN(C)CC3)[C@H]2CNC(=O)NC(C)C)cc1. The van der Waals surface area contributed by atoms with Crippen molar-refractivity contribution >= 4 is 11.9 Å². The molecular formula is C24H38N4O2. The van der Waals surface area contributed by atoms with Crippen LogP contribution in [0.2, 0.25) is 0 Å². The lowest BCUT2D eigenvalue weighted by Gasteiger charge is -2.53. The van der Waals surface area contributed by atoms with Crippen LogP contribution in [-0.4, -0.2) is 67.0 Å². The summed E-state index contributed by atoms with van der Waals surface area (Å²) in [5.74, 6) is 0.174. The lowest BCUT2D eigenvalue weighted by Crippen LogP contribution is -2.62. The van der Waals surface area contributed by atoms with E-state index in [1.807, 2.05) is 26.0 Å². The molecule has 0 saturated carbocycles. The average Bonchev–Trinajstić information content (AvgIpc) is 2.70. The summed E-state index contributed by atoms with van der Waals surface area (Å²) in [7, 11) is 2.17. The molecule has 0 aliphatic carbocycles. The van der Waals surface area contributed by atoms with Crippen molar-refractivity contribution in [3.8, 4) is 0 Å². The highest BCUT2D eigenvalue weighted by atomic mass is 16.2. The van der Waals surface area contributed by atoms with E-state index >= 15 is 0 Å². The third-order valence-corrected chi connectivity index (χ3v) is 6.81. The summed E-state index contributed by atoms with van der Waals surface area (Å²) in [6, 6.07) is 8.21. The van der Waals surface area contributed by atoms with Gasteiger partial charge in [0.05, 0.1) is 12.5 Å². The number of aryl methyl sites for hydroxylation is 1. The second-order valence-corrected chi connectivity index (χ2v) is 9.54. The molecule has 6 nitrogen and oxygen atoms in total. The van der Waals surface area contributed by atoms with Gasteiger partial charge in [0.15, 0.2) is 0 Å². The fourth-order valence-corrected chi connectivity index (χ4v) is 5.01. The Morgan fingerprint density at radius 1 is 1.10 bits per heavy atom. The van der Waals surface area contributed by atoms with Gasteiger partial charge in [0, 0.05) is 19.1 Å². The first-order chi connectivity index (χ1) is 14.3. The van der Waals surface area contributed by atoms with Gasteiger partial charge in [-0.05, 0) is 77.6 Å². The minimum Gasteiger partial charge on any atom is -0.337 e. The maximum atomic E-state index is 13.4. The molecule has 0 radical (unpaired) electrons. The molecule has 6 heteroatoms. The Hall–Kier alpha value is -2.08. The Bertz CT molecular complexity index is 723. The van der Waals surface area contributed by atoms with Gasteiger partial charge in [-0.1, -0.05) is 29.8 Å². The van der Waals surface area contributed by atoms with Gasteiger partial charge in [-0.2, -0.15) is 0 Å². The van der Waals surface area contributed by atoms with Gasteiger partial charge in [0.1, 0.15) is 0 Å². The number of piperidine rings is 2. The zero-order valence-corrected chi connectivity index (χ0v) is 19.0. The summed E-state index contributed by atoms with van der Waals surface area (Å²) in [4.78, 5) is 30.1.